The van der Waals surface area contributed by atoms with Gasteiger partial charge < -0.3 is 0 Å². The van der Waals surface area contributed by atoms with E-state index in [2.05, 4.69) is 24.9 Å². The van der Waals surface area contributed by atoms with Gasteiger partial charge in [0.05, 0.1) is 4.90 Å². The third kappa shape index (κ3) is 2.44. The lowest BCUT2D eigenvalue weighted by molar-refractivity contribution is 0.389. The van der Waals surface area contributed by atoms with Crippen LogP contribution in [0, 0.1) is 24.2 Å². The number of rotatable bonds is 5. The molecule has 2 fully saturated rings. The minimum absolute atomic E-state index is 0.0721. The first-order chi connectivity index (χ1) is 11.9. The number of hydrogen-bond donors (Lipinski definition) is 0. The van der Waals surface area contributed by atoms with Gasteiger partial charge in [0.1, 0.15) is 0 Å². The monoisotopic (exact) mass is 373 g/mol. The summed E-state index contributed by atoms with van der Waals surface area (Å²) in [4.78, 5) is 1.58. The van der Waals surface area contributed by atoms with Gasteiger partial charge in [-0.3, -0.25) is 0 Å². The zero-order valence-electron chi connectivity index (χ0n) is 14.6. The van der Waals surface area contributed by atoms with Gasteiger partial charge >= 0.3 is 0 Å². The molecule has 132 valence electrons. The number of fused-ring (bicyclic) bond motifs is 1. The number of sulfonamides is 1. The summed E-state index contributed by atoms with van der Waals surface area (Å²) in [6.07, 6.45) is 1.08. The summed E-state index contributed by atoms with van der Waals surface area (Å²) in [7, 11) is -3.43. The number of hydrogen-bond acceptors (Lipinski definition) is 3. The lowest BCUT2D eigenvalue weighted by Crippen LogP contribution is -2.33. The molecule has 0 radical (unpaired) electrons. The molecule has 0 bridgehead atoms. The highest BCUT2D eigenvalue weighted by Gasteiger charge is 2.70. The number of thiophene rings is 1. The molecule has 0 N–H and O–H groups in total. The fraction of sp³-hybridized carbons (Fsp3) is 0.400. The molecule has 2 aromatic rings. The van der Waals surface area contributed by atoms with Crippen molar-refractivity contribution in [1.82, 2.24) is 4.31 Å². The van der Waals surface area contributed by atoms with Crippen LogP contribution in [0.3, 0.4) is 0 Å². The quantitative estimate of drug-likeness (QED) is 0.778. The summed E-state index contributed by atoms with van der Waals surface area (Å²) in [5, 5.41) is 2.06. The Hall–Kier alpha value is -1.43. The van der Waals surface area contributed by atoms with E-state index >= 15 is 0 Å². The van der Waals surface area contributed by atoms with E-state index < -0.39 is 10.0 Å². The van der Waals surface area contributed by atoms with E-state index in [1.807, 2.05) is 25.1 Å². The Kier molecular flexibility index (Phi) is 3.94. The van der Waals surface area contributed by atoms with Crippen molar-refractivity contribution in [2.45, 2.75) is 25.2 Å². The number of piperidine rings is 1. The molecule has 3 atom stereocenters. The molecule has 1 saturated heterocycles. The molecule has 1 aromatic heterocycles. The maximum atomic E-state index is 13.1. The van der Waals surface area contributed by atoms with Crippen molar-refractivity contribution >= 4 is 26.9 Å². The van der Waals surface area contributed by atoms with Crippen molar-refractivity contribution in [1.29, 1.82) is 0 Å². The zero-order valence-corrected chi connectivity index (χ0v) is 16.2. The van der Waals surface area contributed by atoms with Crippen molar-refractivity contribution < 1.29 is 8.42 Å². The maximum absolute atomic E-state index is 13.1. The van der Waals surface area contributed by atoms with E-state index in [4.69, 9.17) is 0 Å². The van der Waals surface area contributed by atoms with Gasteiger partial charge in [0.25, 0.3) is 0 Å². The topological polar surface area (TPSA) is 37.4 Å². The standard InChI is InChI=1S/C20H23NO2S2/c1-4-17-18-12-21(25(22,23)16-9-7-14(2)8-10-16)13-20(17,18)15(3)19-6-5-11-24-19/h5-11,17-18H,3-4,12-13H2,1-2H3/t17-,18+,20+/m0/s1. The largest absolute Gasteiger partial charge is 0.243 e. The molecule has 0 unspecified atom stereocenters. The van der Waals surface area contributed by atoms with E-state index in [0.717, 1.165) is 17.6 Å². The number of benzene rings is 1. The van der Waals surface area contributed by atoms with Gasteiger partial charge in [-0.1, -0.05) is 43.7 Å². The van der Waals surface area contributed by atoms with Crippen LogP contribution < -0.4 is 0 Å². The molecule has 2 heterocycles. The van der Waals surface area contributed by atoms with Crippen molar-refractivity contribution in [2.24, 2.45) is 17.3 Å². The predicted molar refractivity (Wildman–Crippen MR) is 103 cm³/mol. The van der Waals surface area contributed by atoms with Gasteiger partial charge in [0, 0.05) is 23.4 Å². The molecule has 25 heavy (non-hydrogen) atoms. The fourth-order valence-electron chi connectivity index (χ4n) is 4.62. The summed E-state index contributed by atoms with van der Waals surface area (Å²) in [6, 6.07) is 11.3. The van der Waals surface area contributed by atoms with Crippen LogP contribution in [0.25, 0.3) is 5.57 Å². The minimum atomic E-state index is -3.43. The van der Waals surface area contributed by atoms with Crippen LogP contribution in [0.15, 0.2) is 53.3 Å². The molecular weight excluding hydrogens is 350 g/mol. The molecule has 5 heteroatoms. The second-order valence-electron chi connectivity index (χ2n) is 7.23. The highest BCUT2D eigenvalue weighted by atomic mass is 32.2. The molecular formula is C20H23NO2S2. The predicted octanol–water partition coefficient (Wildman–Crippen LogP) is 4.42. The minimum Gasteiger partial charge on any atom is -0.207 e. The maximum Gasteiger partial charge on any atom is 0.243 e. The van der Waals surface area contributed by atoms with Crippen LogP contribution in [0.4, 0.5) is 0 Å². The van der Waals surface area contributed by atoms with E-state index in [0.29, 0.717) is 29.8 Å². The van der Waals surface area contributed by atoms with Crippen LogP contribution in [-0.2, 0) is 10.0 Å². The van der Waals surface area contributed by atoms with E-state index in [1.165, 1.54) is 4.88 Å². The lowest BCUT2D eigenvalue weighted by Gasteiger charge is -2.24. The molecule has 1 aromatic carbocycles. The van der Waals surface area contributed by atoms with Crippen LogP contribution in [-0.4, -0.2) is 25.8 Å². The van der Waals surface area contributed by atoms with Crippen LogP contribution in [0.5, 0.6) is 0 Å². The van der Waals surface area contributed by atoms with Crippen molar-refractivity contribution in [2.75, 3.05) is 13.1 Å². The SMILES string of the molecule is C=C(c1cccs1)[C@@]12CN(S(=O)(=O)c3ccc(C)cc3)C[C@@H]1[C@@H]2CC. The van der Waals surface area contributed by atoms with Gasteiger partial charge in [-0.15, -0.1) is 11.3 Å². The highest BCUT2D eigenvalue weighted by molar-refractivity contribution is 7.89. The third-order valence-corrected chi connectivity index (χ3v) is 8.77. The second-order valence-corrected chi connectivity index (χ2v) is 10.1. The van der Waals surface area contributed by atoms with Gasteiger partial charge in [-0.05, 0) is 47.9 Å². The third-order valence-electron chi connectivity index (χ3n) is 6.02. The average Bonchev–Trinajstić information content (AvgIpc) is 3.01. The zero-order chi connectivity index (χ0) is 17.8. The van der Waals surface area contributed by atoms with Crippen molar-refractivity contribution in [3.05, 3.63) is 58.8 Å². The molecule has 3 nitrogen and oxygen atoms in total. The van der Waals surface area contributed by atoms with E-state index in [-0.39, 0.29) is 5.41 Å². The number of aryl methyl sites for hydroxylation is 1. The summed E-state index contributed by atoms with van der Waals surface area (Å²) in [6.45, 7) is 9.71. The number of nitrogens with zero attached hydrogens (tertiary/aromatic N) is 1. The van der Waals surface area contributed by atoms with Crippen molar-refractivity contribution in [3.8, 4) is 0 Å². The molecule has 2 aliphatic rings. The van der Waals surface area contributed by atoms with E-state index in [1.54, 1.807) is 27.8 Å². The summed E-state index contributed by atoms with van der Waals surface area (Å²) < 4.78 is 27.8. The normalized spacial score (nSPS) is 28.7. The van der Waals surface area contributed by atoms with Gasteiger partial charge in [-0.25, -0.2) is 8.42 Å². The molecule has 4 rings (SSSR count). The molecule has 0 amide bonds. The Labute approximate surface area is 154 Å². The van der Waals surface area contributed by atoms with Gasteiger partial charge in [0.15, 0.2) is 0 Å². The summed E-state index contributed by atoms with van der Waals surface area (Å²) in [5.74, 6) is 0.943. The fourth-order valence-corrected chi connectivity index (χ4v) is 6.93. The summed E-state index contributed by atoms with van der Waals surface area (Å²) >= 11 is 1.69. The molecule has 0 spiro atoms. The Morgan fingerprint density at radius 2 is 2.04 bits per heavy atom. The van der Waals surface area contributed by atoms with Crippen LogP contribution >= 0.6 is 11.3 Å². The Morgan fingerprint density at radius 3 is 2.64 bits per heavy atom. The first-order valence-corrected chi connectivity index (χ1v) is 11.0. The summed E-state index contributed by atoms with van der Waals surface area (Å²) in [5.41, 5.74) is 2.12. The first kappa shape index (κ1) is 17.0. The van der Waals surface area contributed by atoms with E-state index in [9.17, 15) is 8.42 Å². The van der Waals surface area contributed by atoms with Gasteiger partial charge in [0.2, 0.25) is 10.0 Å². The Balaban J connectivity index is 1.64. The Morgan fingerprint density at radius 1 is 1.32 bits per heavy atom. The molecule has 1 aliphatic heterocycles. The lowest BCUT2D eigenvalue weighted by atomic mass is 9.92. The highest BCUT2D eigenvalue weighted by Crippen LogP contribution is 2.70. The average molecular weight is 374 g/mol. The Bertz CT molecular complexity index is 900. The molecule has 1 saturated carbocycles. The van der Waals surface area contributed by atoms with Crippen LogP contribution in [0.1, 0.15) is 23.8 Å². The molecule has 1 aliphatic carbocycles. The van der Waals surface area contributed by atoms with Gasteiger partial charge in [-0.2, -0.15) is 4.31 Å². The van der Waals surface area contributed by atoms with Crippen LogP contribution in [0.2, 0.25) is 0 Å². The smallest absolute Gasteiger partial charge is 0.207 e. The van der Waals surface area contributed by atoms with Crippen molar-refractivity contribution in [3.63, 3.8) is 0 Å². The first-order valence-electron chi connectivity index (χ1n) is 8.71. The second kappa shape index (κ2) is 5.79.